The summed E-state index contributed by atoms with van der Waals surface area (Å²) in [5.41, 5.74) is 8.88. The average Bonchev–Trinajstić information content (AvgIpc) is 2.60. The van der Waals surface area contributed by atoms with E-state index >= 15 is 0 Å². The lowest BCUT2D eigenvalue weighted by Gasteiger charge is -2.27. The first-order chi connectivity index (χ1) is 11.7. The zero-order valence-electron chi connectivity index (χ0n) is 12.5. The first kappa shape index (κ1) is 14.6. The Morgan fingerprint density at radius 1 is 1.17 bits per heavy atom. The van der Waals surface area contributed by atoms with Crippen LogP contribution < -0.4 is 10.5 Å². The number of halogens is 1. The van der Waals surface area contributed by atoms with Crippen LogP contribution in [0.25, 0.3) is 10.9 Å². The van der Waals surface area contributed by atoms with Crippen molar-refractivity contribution in [3.8, 4) is 11.8 Å². The Hall–Kier alpha value is -3.03. The summed E-state index contributed by atoms with van der Waals surface area (Å²) in [7, 11) is 0. The third-order valence-corrected chi connectivity index (χ3v) is 4.37. The van der Waals surface area contributed by atoms with E-state index in [1.807, 2.05) is 42.5 Å². The Morgan fingerprint density at radius 2 is 2.04 bits per heavy atom. The van der Waals surface area contributed by atoms with Crippen molar-refractivity contribution in [3.05, 3.63) is 82.3 Å². The average molecular weight is 334 g/mol. The summed E-state index contributed by atoms with van der Waals surface area (Å²) >= 11 is 6.14. The molecule has 2 heterocycles. The fraction of sp³-hybridized carbons (Fsp3) is 0.0526. The monoisotopic (exact) mass is 333 g/mol. The van der Waals surface area contributed by atoms with Crippen LogP contribution in [0.4, 0.5) is 0 Å². The maximum atomic E-state index is 9.58. The largest absolute Gasteiger partial charge is 0.438 e. The van der Waals surface area contributed by atoms with Crippen LogP contribution in [-0.2, 0) is 0 Å². The van der Waals surface area contributed by atoms with Gasteiger partial charge in [-0.05, 0) is 23.8 Å². The van der Waals surface area contributed by atoms with Crippen LogP contribution in [0.5, 0.6) is 5.75 Å². The van der Waals surface area contributed by atoms with Gasteiger partial charge in [-0.2, -0.15) is 5.26 Å². The highest BCUT2D eigenvalue weighted by Crippen LogP contribution is 2.44. The molecule has 0 saturated heterocycles. The number of ether oxygens (including phenoxy) is 1. The Bertz CT molecular complexity index is 1040. The zero-order valence-corrected chi connectivity index (χ0v) is 13.3. The summed E-state index contributed by atoms with van der Waals surface area (Å²) in [4.78, 5) is 4.41. The van der Waals surface area contributed by atoms with Crippen molar-refractivity contribution in [3.63, 3.8) is 0 Å². The lowest BCUT2D eigenvalue weighted by Crippen LogP contribution is -2.21. The molecular weight excluding hydrogens is 322 g/mol. The molecular formula is C19H12ClN3O. The van der Waals surface area contributed by atoms with E-state index in [1.165, 1.54) is 0 Å². The number of hydrogen-bond donors (Lipinski definition) is 1. The Balaban J connectivity index is 2.02. The molecule has 5 heteroatoms. The molecule has 0 spiro atoms. The molecule has 1 aliphatic rings. The van der Waals surface area contributed by atoms with E-state index in [9.17, 15) is 5.26 Å². The molecule has 0 unspecified atom stereocenters. The van der Waals surface area contributed by atoms with Crippen LogP contribution in [0.1, 0.15) is 17.0 Å². The first-order valence-corrected chi connectivity index (χ1v) is 7.77. The number of pyridine rings is 1. The molecule has 1 aromatic heterocycles. The van der Waals surface area contributed by atoms with Gasteiger partial charge in [0, 0.05) is 22.2 Å². The fourth-order valence-electron chi connectivity index (χ4n) is 3.08. The number of fused-ring (bicyclic) bond motifs is 3. The van der Waals surface area contributed by atoms with Gasteiger partial charge in [0.15, 0.2) is 5.75 Å². The van der Waals surface area contributed by atoms with Gasteiger partial charge in [-0.25, -0.2) is 0 Å². The van der Waals surface area contributed by atoms with E-state index in [2.05, 4.69) is 11.1 Å². The maximum absolute atomic E-state index is 9.58. The van der Waals surface area contributed by atoms with Crippen molar-refractivity contribution in [1.29, 1.82) is 5.26 Å². The summed E-state index contributed by atoms with van der Waals surface area (Å²) in [6.07, 6.45) is 1.71. The third-order valence-electron chi connectivity index (χ3n) is 4.14. The minimum atomic E-state index is -0.330. The van der Waals surface area contributed by atoms with Gasteiger partial charge in [-0.1, -0.05) is 41.9 Å². The van der Waals surface area contributed by atoms with Crippen molar-refractivity contribution in [2.75, 3.05) is 0 Å². The lowest BCUT2D eigenvalue weighted by molar-refractivity contribution is 0.397. The Morgan fingerprint density at radius 3 is 2.83 bits per heavy atom. The predicted molar refractivity (Wildman–Crippen MR) is 92.5 cm³/mol. The van der Waals surface area contributed by atoms with Crippen LogP contribution >= 0.6 is 11.6 Å². The molecule has 2 aromatic carbocycles. The van der Waals surface area contributed by atoms with Gasteiger partial charge in [-0.3, -0.25) is 4.98 Å². The van der Waals surface area contributed by atoms with Crippen molar-refractivity contribution < 1.29 is 4.74 Å². The zero-order chi connectivity index (χ0) is 16.7. The Kier molecular flexibility index (Phi) is 3.37. The van der Waals surface area contributed by atoms with E-state index in [0.29, 0.717) is 16.3 Å². The number of nitrogens with two attached hydrogens (primary N) is 1. The lowest BCUT2D eigenvalue weighted by atomic mass is 9.83. The minimum absolute atomic E-state index is 0.105. The van der Waals surface area contributed by atoms with Crippen LogP contribution in [-0.4, -0.2) is 4.98 Å². The quantitative estimate of drug-likeness (QED) is 0.727. The van der Waals surface area contributed by atoms with Crippen molar-refractivity contribution in [2.45, 2.75) is 5.92 Å². The normalized spacial score (nSPS) is 16.4. The van der Waals surface area contributed by atoms with Gasteiger partial charge in [-0.15, -0.1) is 0 Å². The third kappa shape index (κ3) is 2.18. The highest BCUT2D eigenvalue weighted by molar-refractivity contribution is 6.30. The summed E-state index contributed by atoms with van der Waals surface area (Å²) < 4.78 is 5.77. The molecule has 0 aliphatic carbocycles. The molecule has 3 aromatic rings. The van der Waals surface area contributed by atoms with E-state index in [-0.39, 0.29) is 11.8 Å². The number of nitrogens with zero attached hydrogens (tertiary/aromatic N) is 2. The molecule has 4 nitrogen and oxygen atoms in total. The standard InChI is InChI=1S/C19H12ClN3O/c20-13-5-1-3-12(9-13)16-14-7-6-11-4-2-8-23-17(11)18(14)24-19(22)15(16)10-21/h1-9,16H,22H2/t16-/m1/s1. The molecule has 4 rings (SSSR count). The number of nitriles is 1. The molecule has 1 atom stereocenters. The van der Waals surface area contributed by atoms with Gasteiger partial charge in [0.1, 0.15) is 17.2 Å². The van der Waals surface area contributed by atoms with Gasteiger partial charge < -0.3 is 10.5 Å². The van der Waals surface area contributed by atoms with Gasteiger partial charge in [0.05, 0.1) is 5.92 Å². The van der Waals surface area contributed by atoms with E-state index < -0.39 is 0 Å². The molecule has 24 heavy (non-hydrogen) atoms. The number of benzene rings is 2. The summed E-state index contributed by atoms with van der Waals surface area (Å²) in [5.74, 6) is 0.367. The Labute approximate surface area is 143 Å². The van der Waals surface area contributed by atoms with Gasteiger partial charge in [0.25, 0.3) is 0 Å². The highest BCUT2D eigenvalue weighted by atomic mass is 35.5. The SMILES string of the molecule is N#CC1=C(N)Oc2c(ccc3cccnc23)[C@H]1c1cccc(Cl)c1. The van der Waals surface area contributed by atoms with Crippen LogP contribution in [0.3, 0.4) is 0 Å². The highest BCUT2D eigenvalue weighted by Gasteiger charge is 2.32. The first-order valence-electron chi connectivity index (χ1n) is 7.39. The van der Waals surface area contributed by atoms with Crippen LogP contribution in [0.15, 0.2) is 66.2 Å². The molecule has 0 saturated carbocycles. The van der Waals surface area contributed by atoms with E-state index in [0.717, 1.165) is 22.0 Å². The summed E-state index contributed by atoms with van der Waals surface area (Å²) in [5, 5.41) is 11.1. The number of aromatic nitrogens is 1. The van der Waals surface area contributed by atoms with Crippen molar-refractivity contribution >= 4 is 22.5 Å². The molecule has 2 N–H and O–H groups in total. The van der Waals surface area contributed by atoms with Gasteiger partial charge >= 0.3 is 0 Å². The van der Waals surface area contributed by atoms with Crippen LogP contribution in [0.2, 0.25) is 5.02 Å². The summed E-state index contributed by atoms with van der Waals surface area (Å²) in [6, 6.07) is 17.4. The number of allylic oxidation sites excluding steroid dienone is 1. The second-order valence-corrected chi connectivity index (χ2v) is 5.98. The second-order valence-electron chi connectivity index (χ2n) is 5.54. The summed E-state index contributed by atoms with van der Waals surface area (Å²) in [6.45, 7) is 0. The van der Waals surface area contributed by atoms with Crippen molar-refractivity contribution in [2.24, 2.45) is 5.73 Å². The molecule has 0 radical (unpaired) electrons. The number of hydrogen-bond acceptors (Lipinski definition) is 4. The van der Waals surface area contributed by atoms with E-state index in [1.54, 1.807) is 12.3 Å². The maximum Gasteiger partial charge on any atom is 0.205 e. The van der Waals surface area contributed by atoms with E-state index in [4.69, 9.17) is 22.1 Å². The second kappa shape index (κ2) is 5.55. The van der Waals surface area contributed by atoms with Crippen molar-refractivity contribution in [1.82, 2.24) is 4.98 Å². The molecule has 116 valence electrons. The molecule has 0 amide bonds. The smallest absolute Gasteiger partial charge is 0.205 e. The predicted octanol–water partition coefficient (Wildman–Crippen LogP) is 4.11. The molecule has 1 aliphatic heterocycles. The topological polar surface area (TPSA) is 71.9 Å². The number of rotatable bonds is 1. The molecule has 0 bridgehead atoms. The van der Waals surface area contributed by atoms with Gasteiger partial charge in [0.2, 0.25) is 5.88 Å². The molecule has 0 fully saturated rings. The fourth-order valence-corrected chi connectivity index (χ4v) is 3.28. The van der Waals surface area contributed by atoms with Crippen LogP contribution in [0, 0.1) is 11.3 Å². The minimum Gasteiger partial charge on any atom is -0.438 e.